The Morgan fingerprint density at radius 3 is 2.77 bits per heavy atom. The highest BCUT2D eigenvalue weighted by Crippen LogP contribution is 2.77. The van der Waals surface area contributed by atoms with E-state index in [9.17, 15) is 9.59 Å². The number of carbonyl (C=O) groups excluding carboxylic acids is 2. The van der Waals surface area contributed by atoms with Crippen molar-refractivity contribution in [2.75, 3.05) is 0 Å². The molecule has 1 aliphatic heterocycles. The lowest BCUT2D eigenvalue weighted by Gasteiger charge is -2.55. The average Bonchev–Trinajstić information content (AvgIpc) is 3.52. The smallest absolute Gasteiger partial charge is 0.331 e. The lowest BCUT2D eigenvalue weighted by molar-refractivity contribution is -0.154. The molecule has 26 heavy (non-hydrogen) atoms. The van der Waals surface area contributed by atoms with Gasteiger partial charge in [-0.05, 0) is 73.2 Å². The summed E-state index contributed by atoms with van der Waals surface area (Å²) in [6.45, 7) is 2.49. The van der Waals surface area contributed by atoms with Crippen LogP contribution < -0.4 is 0 Å². The molecule has 136 valence electrons. The van der Waals surface area contributed by atoms with Crippen LogP contribution >= 0.6 is 0 Å². The highest BCUT2D eigenvalue weighted by Gasteiger charge is 2.75. The molecule has 0 aromatic heterocycles. The van der Waals surface area contributed by atoms with Crippen LogP contribution in [-0.2, 0) is 14.3 Å². The van der Waals surface area contributed by atoms with Crippen molar-refractivity contribution in [3.05, 3.63) is 23.3 Å². The second kappa shape index (κ2) is 4.20. The predicted molar refractivity (Wildman–Crippen MR) is 94.9 cm³/mol. The lowest BCUT2D eigenvalue weighted by Crippen LogP contribution is -2.51. The molecule has 0 amide bonds. The maximum atomic E-state index is 12.1. The van der Waals surface area contributed by atoms with E-state index in [4.69, 9.17) is 4.74 Å². The number of esters is 1. The van der Waals surface area contributed by atoms with Gasteiger partial charge in [-0.3, -0.25) is 4.79 Å². The molecule has 0 aromatic carbocycles. The van der Waals surface area contributed by atoms with Crippen molar-refractivity contribution in [1.82, 2.24) is 0 Å². The molecule has 7 rings (SSSR count). The summed E-state index contributed by atoms with van der Waals surface area (Å²) in [5.74, 6) is 5.29. The molecule has 3 heteroatoms. The quantitative estimate of drug-likeness (QED) is 0.492. The van der Waals surface area contributed by atoms with Crippen LogP contribution in [0.25, 0.3) is 0 Å². The highest BCUT2D eigenvalue weighted by atomic mass is 16.6. The zero-order valence-corrected chi connectivity index (χ0v) is 15.4. The van der Waals surface area contributed by atoms with Crippen LogP contribution in [0.4, 0.5) is 0 Å². The molecule has 0 saturated heterocycles. The topological polar surface area (TPSA) is 43.4 Å². The average molecular weight is 350 g/mol. The van der Waals surface area contributed by atoms with Crippen LogP contribution in [-0.4, -0.2) is 17.4 Å². The molecular formula is C23H26O3. The van der Waals surface area contributed by atoms with Crippen LogP contribution in [0.3, 0.4) is 0 Å². The number of hydrogen-bond donors (Lipinski definition) is 0. The summed E-state index contributed by atoms with van der Waals surface area (Å²) < 4.78 is 6.00. The molecule has 7 aliphatic rings. The molecule has 5 saturated carbocycles. The molecule has 5 fully saturated rings. The van der Waals surface area contributed by atoms with Crippen molar-refractivity contribution in [2.45, 2.75) is 57.5 Å². The second-order valence-corrected chi connectivity index (χ2v) is 10.5. The number of ether oxygens (including phenoxy) is 1. The van der Waals surface area contributed by atoms with E-state index in [-0.39, 0.29) is 17.0 Å². The minimum absolute atomic E-state index is 0.117. The molecule has 0 radical (unpaired) electrons. The zero-order valence-electron chi connectivity index (χ0n) is 15.4. The molecule has 0 aromatic rings. The van der Waals surface area contributed by atoms with Gasteiger partial charge in [0.1, 0.15) is 11.4 Å². The monoisotopic (exact) mass is 350 g/mol. The van der Waals surface area contributed by atoms with Gasteiger partial charge in [-0.1, -0.05) is 18.1 Å². The SMILES string of the molecule is C[C@]12CCC(=O)CC1=C1C[C@@H]1C1C3C(CCC12)[C@]1(C=CC(=O)O1)[C@H]1C[C@@H]31. The van der Waals surface area contributed by atoms with E-state index < -0.39 is 0 Å². The summed E-state index contributed by atoms with van der Waals surface area (Å²) in [4.78, 5) is 24.1. The lowest BCUT2D eigenvalue weighted by atomic mass is 9.49. The van der Waals surface area contributed by atoms with Crippen molar-refractivity contribution >= 4 is 11.8 Å². The number of Topliss-reactive ketones (excluding diaryl/α,β-unsaturated/α-hetero) is 1. The minimum atomic E-state index is -0.250. The third-order valence-corrected chi connectivity index (χ3v) is 9.80. The van der Waals surface area contributed by atoms with Gasteiger partial charge in [0.15, 0.2) is 0 Å². The Morgan fingerprint density at radius 2 is 1.96 bits per heavy atom. The van der Waals surface area contributed by atoms with Crippen LogP contribution in [0.2, 0.25) is 0 Å². The first-order valence-electron chi connectivity index (χ1n) is 10.7. The standard InChI is InChI=1S/C23H26O3/c1-22-6-4-11(24)8-17(22)12-9-13(12)20-15(22)2-3-16-21(20)14-10-18(14)23(16)7-5-19(25)26-23/h5,7,13-16,18,20-21H,2-4,6,8-10H2,1H3/t13-,14+,15?,16?,18-,20?,21?,22+,23+/m0/s1. The van der Waals surface area contributed by atoms with Crippen LogP contribution in [0.15, 0.2) is 23.3 Å². The van der Waals surface area contributed by atoms with Gasteiger partial charge in [0.25, 0.3) is 0 Å². The van der Waals surface area contributed by atoms with Gasteiger partial charge in [0, 0.05) is 30.8 Å². The number of ketones is 1. The molecule has 6 aliphatic carbocycles. The minimum Gasteiger partial charge on any atom is -0.451 e. The Morgan fingerprint density at radius 1 is 1.12 bits per heavy atom. The van der Waals surface area contributed by atoms with Crippen molar-refractivity contribution in [3.8, 4) is 0 Å². The number of fused-ring (bicyclic) bond motifs is 11. The Balaban J connectivity index is 1.32. The van der Waals surface area contributed by atoms with Gasteiger partial charge in [-0.15, -0.1) is 0 Å². The number of rotatable bonds is 0. The molecule has 4 unspecified atom stereocenters. The summed E-state index contributed by atoms with van der Waals surface area (Å²) in [5, 5.41) is 0. The van der Waals surface area contributed by atoms with E-state index in [0.717, 1.165) is 48.9 Å². The Bertz CT molecular complexity index is 836. The van der Waals surface area contributed by atoms with E-state index >= 15 is 0 Å². The van der Waals surface area contributed by atoms with Crippen molar-refractivity contribution in [2.24, 2.45) is 46.8 Å². The van der Waals surface area contributed by atoms with Gasteiger partial charge in [0.05, 0.1) is 0 Å². The Hall–Kier alpha value is -1.38. The van der Waals surface area contributed by atoms with Crippen molar-refractivity contribution < 1.29 is 14.3 Å². The largest absolute Gasteiger partial charge is 0.451 e. The van der Waals surface area contributed by atoms with Crippen molar-refractivity contribution in [3.63, 3.8) is 0 Å². The van der Waals surface area contributed by atoms with E-state index in [2.05, 4.69) is 13.0 Å². The number of hydrogen-bond acceptors (Lipinski definition) is 3. The first-order valence-corrected chi connectivity index (χ1v) is 10.7. The maximum Gasteiger partial charge on any atom is 0.331 e. The van der Waals surface area contributed by atoms with E-state index in [0.29, 0.717) is 17.6 Å². The van der Waals surface area contributed by atoms with Gasteiger partial charge in [0.2, 0.25) is 0 Å². The molecule has 1 heterocycles. The van der Waals surface area contributed by atoms with E-state index in [1.54, 1.807) is 17.2 Å². The van der Waals surface area contributed by atoms with Gasteiger partial charge in [-0.25, -0.2) is 4.79 Å². The molecule has 9 atom stereocenters. The number of allylic oxidation sites excluding steroid dienone is 2. The first kappa shape index (κ1) is 14.6. The molecule has 3 nitrogen and oxygen atoms in total. The van der Waals surface area contributed by atoms with Gasteiger partial charge >= 0.3 is 5.97 Å². The van der Waals surface area contributed by atoms with Crippen LogP contribution in [0, 0.1) is 46.8 Å². The summed E-state index contributed by atoms with van der Waals surface area (Å²) in [5.41, 5.74) is 3.25. The third-order valence-electron chi connectivity index (χ3n) is 9.80. The first-order chi connectivity index (χ1) is 12.5. The molecular weight excluding hydrogens is 324 g/mol. The van der Waals surface area contributed by atoms with Gasteiger partial charge in [-0.2, -0.15) is 0 Å². The highest BCUT2D eigenvalue weighted by molar-refractivity contribution is 5.85. The summed E-state index contributed by atoms with van der Waals surface area (Å²) >= 11 is 0. The van der Waals surface area contributed by atoms with Crippen LogP contribution in [0.5, 0.6) is 0 Å². The normalized spacial score (nSPS) is 58.0. The van der Waals surface area contributed by atoms with Crippen molar-refractivity contribution in [1.29, 1.82) is 0 Å². The summed E-state index contributed by atoms with van der Waals surface area (Å²) in [6, 6.07) is 0. The third kappa shape index (κ3) is 1.48. The zero-order chi connectivity index (χ0) is 17.4. The van der Waals surface area contributed by atoms with Crippen LogP contribution in [0.1, 0.15) is 51.9 Å². The number of carbonyl (C=O) groups is 2. The fourth-order valence-electron chi connectivity index (χ4n) is 8.78. The van der Waals surface area contributed by atoms with Gasteiger partial charge < -0.3 is 4.74 Å². The van der Waals surface area contributed by atoms with E-state index in [1.807, 2.05) is 0 Å². The predicted octanol–water partition coefficient (Wildman–Crippen LogP) is 3.84. The van der Waals surface area contributed by atoms with E-state index in [1.165, 1.54) is 25.7 Å². The summed E-state index contributed by atoms with van der Waals surface area (Å²) in [6.07, 6.45) is 11.4. The Kier molecular flexibility index (Phi) is 2.37. The molecule has 0 bridgehead atoms. The maximum absolute atomic E-state index is 12.1. The molecule has 0 N–H and O–H groups in total. The fraction of sp³-hybridized carbons (Fsp3) is 0.739. The molecule has 1 spiro atoms. The fourth-order valence-corrected chi connectivity index (χ4v) is 8.78. The second-order valence-electron chi connectivity index (χ2n) is 10.5. The Labute approximate surface area is 154 Å². The summed E-state index contributed by atoms with van der Waals surface area (Å²) in [7, 11) is 0.